The Bertz CT molecular complexity index is 1540. The highest BCUT2D eigenvalue weighted by molar-refractivity contribution is 5.90. The van der Waals surface area contributed by atoms with Crippen LogP contribution in [-0.2, 0) is 16.0 Å². The average molecular weight is 605 g/mol. The molecule has 3 aromatic rings. The molecule has 1 aromatic heterocycles. The molecular weight excluding hydrogens is 564 g/mol. The molecule has 0 saturated carbocycles. The van der Waals surface area contributed by atoms with Crippen LogP contribution in [0.4, 0.5) is 11.4 Å². The monoisotopic (exact) mass is 604 g/mol. The van der Waals surface area contributed by atoms with Gasteiger partial charge in [-0.3, -0.25) is 14.4 Å². The van der Waals surface area contributed by atoms with E-state index in [4.69, 9.17) is 18.9 Å². The Morgan fingerprint density at radius 3 is 2.39 bits per heavy atom. The predicted molar refractivity (Wildman–Crippen MR) is 169 cm³/mol. The molecular formula is C33H40N4O7. The lowest BCUT2D eigenvalue weighted by atomic mass is 9.95. The Kier molecular flexibility index (Phi) is 11.0. The highest BCUT2D eigenvalue weighted by atomic mass is 16.5. The zero-order chi connectivity index (χ0) is 31.6. The van der Waals surface area contributed by atoms with E-state index < -0.39 is 0 Å². The second-order valence-electron chi connectivity index (χ2n) is 10.5. The summed E-state index contributed by atoms with van der Waals surface area (Å²) in [6, 6.07) is 10.3. The van der Waals surface area contributed by atoms with Crippen LogP contribution < -0.4 is 40.3 Å². The van der Waals surface area contributed by atoms with Crippen molar-refractivity contribution < 1.29 is 28.5 Å². The first-order valence-electron chi connectivity index (χ1n) is 14.6. The molecule has 11 heteroatoms. The number of nitrogens with zero attached hydrogens (tertiary/aromatic N) is 1. The molecule has 0 spiro atoms. The largest absolute Gasteiger partial charge is 0.493 e. The lowest BCUT2D eigenvalue weighted by molar-refractivity contribution is -0.119. The van der Waals surface area contributed by atoms with E-state index in [2.05, 4.69) is 20.9 Å². The number of nitrogens with one attached hydrogen (secondary N) is 3. The maximum Gasteiger partial charge on any atom is 0.224 e. The van der Waals surface area contributed by atoms with Crippen molar-refractivity contribution in [2.75, 3.05) is 45.6 Å². The number of hydrogen-bond acceptors (Lipinski definition) is 9. The molecule has 44 heavy (non-hydrogen) atoms. The Labute approximate surface area is 257 Å². The van der Waals surface area contributed by atoms with E-state index in [1.165, 1.54) is 14.0 Å². The lowest BCUT2D eigenvalue weighted by Crippen LogP contribution is -2.26. The summed E-state index contributed by atoms with van der Waals surface area (Å²) in [5.41, 5.74) is 4.14. The number of amides is 2. The van der Waals surface area contributed by atoms with E-state index in [1.54, 1.807) is 51.8 Å². The molecule has 1 aliphatic rings. The summed E-state index contributed by atoms with van der Waals surface area (Å²) in [7, 11) is 6.24. The van der Waals surface area contributed by atoms with Gasteiger partial charge in [-0.2, -0.15) is 0 Å². The fraction of sp³-hybridized carbons (Fsp3) is 0.394. The van der Waals surface area contributed by atoms with Crippen molar-refractivity contribution in [3.8, 4) is 34.3 Å². The average Bonchev–Trinajstić information content (AvgIpc) is 3.26. The van der Waals surface area contributed by atoms with Crippen LogP contribution in [0.25, 0.3) is 11.1 Å². The molecule has 1 atom stereocenters. The number of benzene rings is 1. The van der Waals surface area contributed by atoms with E-state index in [0.29, 0.717) is 72.3 Å². The van der Waals surface area contributed by atoms with Gasteiger partial charge in [-0.05, 0) is 66.6 Å². The Morgan fingerprint density at radius 1 is 0.932 bits per heavy atom. The van der Waals surface area contributed by atoms with E-state index in [0.717, 1.165) is 29.5 Å². The van der Waals surface area contributed by atoms with Gasteiger partial charge in [0.05, 0.1) is 52.1 Å². The van der Waals surface area contributed by atoms with Crippen molar-refractivity contribution in [3.05, 3.63) is 63.9 Å². The van der Waals surface area contributed by atoms with Crippen molar-refractivity contribution in [2.45, 2.75) is 51.5 Å². The number of methoxy groups -OCH3 is 4. The minimum atomic E-state index is -0.371. The summed E-state index contributed by atoms with van der Waals surface area (Å²) in [4.78, 5) is 41.9. The van der Waals surface area contributed by atoms with Crippen LogP contribution in [0.15, 0.2) is 47.4 Å². The van der Waals surface area contributed by atoms with Crippen molar-refractivity contribution in [2.24, 2.45) is 0 Å². The van der Waals surface area contributed by atoms with Crippen molar-refractivity contribution in [3.63, 3.8) is 0 Å². The second kappa shape index (κ2) is 15.1. The molecule has 1 heterocycles. The summed E-state index contributed by atoms with van der Waals surface area (Å²) >= 11 is 0. The predicted octanol–water partition coefficient (Wildman–Crippen LogP) is 4.88. The maximum atomic E-state index is 13.4. The number of unbranched alkanes of at least 4 members (excludes halogenated alkanes) is 2. The van der Waals surface area contributed by atoms with Crippen LogP contribution in [0.5, 0.6) is 23.1 Å². The zero-order valence-corrected chi connectivity index (χ0v) is 25.9. The van der Waals surface area contributed by atoms with Gasteiger partial charge in [0.2, 0.25) is 28.9 Å². The molecule has 4 rings (SSSR count). The van der Waals surface area contributed by atoms with Crippen LogP contribution in [0.3, 0.4) is 0 Å². The third-order valence-electron chi connectivity index (χ3n) is 7.54. The van der Waals surface area contributed by atoms with Crippen LogP contribution in [0.2, 0.25) is 0 Å². The van der Waals surface area contributed by atoms with Gasteiger partial charge in [0.25, 0.3) is 0 Å². The molecule has 1 aliphatic carbocycles. The number of anilines is 2. The summed E-state index contributed by atoms with van der Waals surface area (Å²) in [5.74, 6) is 1.73. The summed E-state index contributed by atoms with van der Waals surface area (Å²) in [6.45, 7) is 2.03. The molecule has 0 aliphatic heterocycles. The number of pyridine rings is 1. The van der Waals surface area contributed by atoms with Crippen LogP contribution >= 0.6 is 0 Å². The summed E-state index contributed by atoms with van der Waals surface area (Å²) in [6.07, 6.45) is 5.45. The first-order chi connectivity index (χ1) is 21.3. The van der Waals surface area contributed by atoms with Gasteiger partial charge in [0.1, 0.15) is 0 Å². The van der Waals surface area contributed by atoms with Gasteiger partial charge in [0, 0.05) is 31.5 Å². The molecule has 2 aromatic carbocycles. The number of rotatable bonds is 13. The molecule has 3 N–H and O–H groups in total. The zero-order valence-electron chi connectivity index (χ0n) is 25.9. The molecule has 2 amide bonds. The van der Waals surface area contributed by atoms with Gasteiger partial charge >= 0.3 is 0 Å². The normalized spacial score (nSPS) is 13.4. The minimum Gasteiger partial charge on any atom is -0.493 e. The Balaban J connectivity index is 1.49. The molecule has 0 radical (unpaired) electrons. The first-order valence-corrected chi connectivity index (χ1v) is 14.6. The highest BCUT2D eigenvalue weighted by Crippen LogP contribution is 2.50. The minimum absolute atomic E-state index is 0.0814. The summed E-state index contributed by atoms with van der Waals surface area (Å²) in [5, 5.41) is 9.12. The number of hydrogen-bond donors (Lipinski definition) is 3. The van der Waals surface area contributed by atoms with Crippen LogP contribution in [-0.4, -0.2) is 51.8 Å². The van der Waals surface area contributed by atoms with Crippen molar-refractivity contribution >= 4 is 23.2 Å². The summed E-state index contributed by atoms with van der Waals surface area (Å²) < 4.78 is 22.1. The second-order valence-corrected chi connectivity index (χ2v) is 10.5. The van der Waals surface area contributed by atoms with Crippen molar-refractivity contribution in [1.29, 1.82) is 0 Å². The van der Waals surface area contributed by atoms with Crippen LogP contribution in [0, 0.1) is 0 Å². The quantitative estimate of drug-likeness (QED) is 0.233. The van der Waals surface area contributed by atoms with Gasteiger partial charge in [-0.15, -0.1) is 0 Å². The van der Waals surface area contributed by atoms with Crippen LogP contribution in [0.1, 0.15) is 56.2 Å². The molecule has 0 fully saturated rings. The van der Waals surface area contributed by atoms with Crippen molar-refractivity contribution in [1.82, 2.24) is 10.3 Å². The van der Waals surface area contributed by atoms with E-state index in [-0.39, 0.29) is 23.3 Å². The number of aromatic nitrogens is 1. The number of carbonyl (C=O) groups is 2. The molecule has 1 unspecified atom stereocenters. The number of fused-ring (bicyclic) bond motifs is 3. The van der Waals surface area contributed by atoms with E-state index in [9.17, 15) is 14.4 Å². The fourth-order valence-electron chi connectivity index (χ4n) is 5.46. The smallest absolute Gasteiger partial charge is 0.224 e. The molecule has 234 valence electrons. The van der Waals surface area contributed by atoms with Gasteiger partial charge in [0.15, 0.2) is 11.5 Å². The van der Waals surface area contributed by atoms with Gasteiger partial charge in [-0.1, -0.05) is 12.5 Å². The first kappa shape index (κ1) is 32.1. The standard InChI is InChI=1S/C33H40N4O7/c1-20(38)36-25-13-10-21-17-28(41-2)32(43-4)33(44-5)31(21)23-12-14-26(27(39)18-24(23)25)34-16-8-6-7-9-29(40)37-22-11-15-30(42-3)35-19-22/h11-12,14-15,17-19,25H,6-10,13,16H2,1-5H3,(H,34,39)(H,36,38)(H,37,40). The SMILES string of the molecule is COc1ccc(NC(=O)CCCCCNc2ccc3c(cc2=O)C(NC(C)=O)CCc2cc(OC)c(OC)c(OC)c2-3)cn1. The van der Waals surface area contributed by atoms with E-state index in [1.807, 2.05) is 12.1 Å². The number of ether oxygens (including phenoxy) is 4. The molecule has 11 nitrogen and oxygen atoms in total. The van der Waals surface area contributed by atoms with E-state index >= 15 is 0 Å². The lowest BCUT2D eigenvalue weighted by Gasteiger charge is -2.19. The third kappa shape index (κ3) is 7.58. The molecule has 0 bridgehead atoms. The Hall–Kier alpha value is -4.80. The molecule has 0 saturated heterocycles. The van der Waals surface area contributed by atoms with Gasteiger partial charge < -0.3 is 34.9 Å². The maximum absolute atomic E-state index is 13.4. The Morgan fingerprint density at radius 2 is 1.73 bits per heavy atom. The topological polar surface area (TPSA) is 137 Å². The fourth-order valence-corrected chi connectivity index (χ4v) is 5.46. The van der Waals surface area contributed by atoms with Gasteiger partial charge in [-0.25, -0.2) is 4.98 Å². The number of aryl methyl sites for hydroxylation is 1. The highest BCUT2D eigenvalue weighted by Gasteiger charge is 2.29. The third-order valence-corrected chi connectivity index (χ3v) is 7.54. The number of carbonyl (C=O) groups excluding carboxylic acids is 2.